The van der Waals surface area contributed by atoms with E-state index in [1.165, 1.54) is 12.1 Å². The average Bonchev–Trinajstić information content (AvgIpc) is 2.45. The first-order chi connectivity index (χ1) is 9.58. The van der Waals surface area contributed by atoms with Crippen molar-refractivity contribution < 1.29 is 4.92 Å². The van der Waals surface area contributed by atoms with Crippen LogP contribution in [-0.4, -0.2) is 9.91 Å². The monoisotopic (exact) mass is 291 g/mol. The molecule has 0 unspecified atom stereocenters. The lowest BCUT2D eigenvalue weighted by Gasteiger charge is -2.13. The molecule has 1 atom stereocenters. The Kier molecular flexibility index (Phi) is 4.65. The van der Waals surface area contributed by atoms with Crippen molar-refractivity contribution in [3.63, 3.8) is 0 Å². The molecule has 2 aromatic rings. The Morgan fingerprint density at radius 1 is 1.40 bits per heavy atom. The van der Waals surface area contributed by atoms with Crippen LogP contribution in [0.2, 0.25) is 5.02 Å². The van der Waals surface area contributed by atoms with E-state index in [9.17, 15) is 10.1 Å². The minimum atomic E-state index is -0.404. The summed E-state index contributed by atoms with van der Waals surface area (Å²) >= 11 is 5.89. The van der Waals surface area contributed by atoms with Crippen LogP contribution in [-0.2, 0) is 6.54 Å². The van der Waals surface area contributed by atoms with Crippen molar-refractivity contribution in [1.29, 1.82) is 0 Å². The van der Waals surface area contributed by atoms with E-state index < -0.39 is 4.92 Å². The highest BCUT2D eigenvalue weighted by Crippen LogP contribution is 2.23. The van der Waals surface area contributed by atoms with Gasteiger partial charge < -0.3 is 5.32 Å². The maximum atomic E-state index is 11.0. The third-order valence-electron chi connectivity index (χ3n) is 2.97. The molecular weight excluding hydrogens is 278 g/mol. The van der Waals surface area contributed by atoms with Crippen molar-refractivity contribution in [1.82, 2.24) is 10.3 Å². The van der Waals surface area contributed by atoms with Gasteiger partial charge in [-0.2, -0.15) is 0 Å². The SMILES string of the molecule is C[C@@H](NCc1cc(Cl)ccc1[N+](=O)[O-])c1ccccn1. The highest BCUT2D eigenvalue weighted by molar-refractivity contribution is 6.30. The standard InChI is InChI=1S/C14H14ClN3O2/c1-10(13-4-2-3-7-16-13)17-9-11-8-12(15)5-6-14(11)18(19)20/h2-8,10,17H,9H2,1H3/t10-/m1/s1. The number of hydrogen-bond acceptors (Lipinski definition) is 4. The number of hydrogen-bond donors (Lipinski definition) is 1. The molecule has 6 heteroatoms. The van der Waals surface area contributed by atoms with Crippen molar-refractivity contribution in [3.05, 3.63) is 69.0 Å². The molecule has 0 aliphatic carbocycles. The first-order valence-corrected chi connectivity index (χ1v) is 6.53. The van der Waals surface area contributed by atoms with Gasteiger partial charge in [-0.3, -0.25) is 15.1 Å². The zero-order valence-electron chi connectivity index (χ0n) is 10.9. The molecule has 104 valence electrons. The molecule has 1 heterocycles. The van der Waals surface area contributed by atoms with Crippen LogP contribution in [0.4, 0.5) is 5.69 Å². The topological polar surface area (TPSA) is 68.1 Å². The predicted molar refractivity (Wildman–Crippen MR) is 77.6 cm³/mol. The van der Waals surface area contributed by atoms with Crippen LogP contribution in [0.3, 0.4) is 0 Å². The van der Waals surface area contributed by atoms with Gasteiger partial charge in [0.25, 0.3) is 5.69 Å². The Balaban J connectivity index is 2.11. The Labute approximate surface area is 121 Å². The fraction of sp³-hybridized carbons (Fsp3) is 0.214. The summed E-state index contributed by atoms with van der Waals surface area (Å²) in [5.41, 5.74) is 1.51. The minimum Gasteiger partial charge on any atom is -0.304 e. The second-order valence-corrected chi connectivity index (χ2v) is 4.82. The largest absolute Gasteiger partial charge is 0.304 e. The number of pyridine rings is 1. The molecule has 0 amide bonds. The summed E-state index contributed by atoms with van der Waals surface area (Å²) in [6, 6.07) is 10.2. The summed E-state index contributed by atoms with van der Waals surface area (Å²) in [4.78, 5) is 14.8. The smallest absolute Gasteiger partial charge is 0.273 e. The quantitative estimate of drug-likeness (QED) is 0.676. The molecule has 0 aliphatic heterocycles. The molecule has 1 aromatic carbocycles. The van der Waals surface area contributed by atoms with Crippen molar-refractivity contribution >= 4 is 17.3 Å². The second-order valence-electron chi connectivity index (χ2n) is 4.39. The van der Waals surface area contributed by atoms with Gasteiger partial charge in [0.1, 0.15) is 0 Å². The van der Waals surface area contributed by atoms with Crippen LogP contribution >= 0.6 is 11.6 Å². The summed E-state index contributed by atoms with van der Waals surface area (Å²) in [7, 11) is 0. The lowest BCUT2D eigenvalue weighted by atomic mass is 10.1. The van der Waals surface area contributed by atoms with E-state index in [-0.39, 0.29) is 11.7 Å². The van der Waals surface area contributed by atoms with Gasteiger partial charge in [0.05, 0.1) is 10.6 Å². The fourth-order valence-corrected chi connectivity index (χ4v) is 2.07. The van der Waals surface area contributed by atoms with Gasteiger partial charge in [-0.1, -0.05) is 17.7 Å². The van der Waals surface area contributed by atoms with Gasteiger partial charge in [0.15, 0.2) is 0 Å². The van der Waals surface area contributed by atoms with Crippen LogP contribution in [0.15, 0.2) is 42.6 Å². The Hall–Kier alpha value is -1.98. The molecule has 5 nitrogen and oxygen atoms in total. The van der Waals surface area contributed by atoms with Gasteiger partial charge in [0, 0.05) is 35.4 Å². The van der Waals surface area contributed by atoms with Crippen LogP contribution in [0.25, 0.3) is 0 Å². The third-order valence-corrected chi connectivity index (χ3v) is 3.20. The first-order valence-electron chi connectivity index (χ1n) is 6.15. The van der Waals surface area contributed by atoms with Gasteiger partial charge in [-0.25, -0.2) is 0 Å². The normalized spacial score (nSPS) is 12.1. The van der Waals surface area contributed by atoms with E-state index in [1.807, 2.05) is 25.1 Å². The van der Waals surface area contributed by atoms with E-state index in [0.29, 0.717) is 17.1 Å². The Morgan fingerprint density at radius 2 is 2.20 bits per heavy atom. The number of halogens is 1. The highest BCUT2D eigenvalue weighted by Gasteiger charge is 2.15. The lowest BCUT2D eigenvalue weighted by Crippen LogP contribution is -2.19. The van der Waals surface area contributed by atoms with Crippen molar-refractivity contribution in [2.24, 2.45) is 0 Å². The van der Waals surface area contributed by atoms with Crippen molar-refractivity contribution in [2.75, 3.05) is 0 Å². The summed E-state index contributed by atoms with van der Waals surface area (Å²) in [6.45, 7) is 2.31. The van der Waals surface area contributed by atoms with Crippen LogP contribution in [0.1, 0.15) is 24.2 Å². The molecule has 0 saturated heterocycles. The maximum Gasteiger partial charge on any atom is 0.273 e. The van der Waals surface area contributed by atoms with Gasteiger partial charge in [-0.15, -0.1) is 0 Å². The van der Waals surface area contributed by atoms with E-state index in [1.54, 1.807) is 12.3 Å². The summed E-state index contributed by atoms with van der Waals surface area (Å²) in [6.07, 6.45) is 1.72. The van der Waals surface area contributed by atoms with E-state index >= 15 is 0 Å². The molecule has 2 rings (SSSR count). The average molecular weight is 292 g/mol. The molecule has 20 heavy (non-hydrogen) atoms. The number of aromatic nitrogens is 1. The number of nitro groups is 1. The van der Waals surface area contributed by atoms with Crippen LogP contribution in [0.5, 0.6) is 0 Å². The second kappa shape index (κ2) is 6.45. The van der Waals surface area contributed by atoms with Gasteiger partial charge >= 0.3 is 0 Å². The molecule has 1 N–H and O–H groups in total. The lowest BCUT2D eigenvalue weighted by molar-refractivity contribution is -0.385. The zero-order valence-corrected chi connectivity index (χ0v) is 11.7. The number of benzene rings is 1. The van der Waals surface area contributed by atoms with E-state index in [2.05, 4.69) is 10.3 Å². The van der Waals surface area contributed by atoms with E-state index in [0.717, 1.165) is 5.69 Å². The van der Waals surface area contributed by atoms with Gasteiger partial charge in [-0.05, 0) is 31.2 Å². The molecule has 1 aromatic heterocycles. The third kappa shape index (κ3) is 3.53. The number of nitrogens with one attached hydrogen (secondary N) is 1. The van der Waals surface area contributed by atoms with Crippen LogP contribution in [0, 0.1) is 10.1 Å². The molecule has 0 bridgehead atoms. The molecule has 0 fully saturated rings. The number of rotatable bonds is 5. The zero-order chi connectivity index (χ0) is 14.5. The molecule has 0 aliphatic rings. The number of nitro benzene ring substituents is 1. The summed E-state index contributed by atoms with van der Waals surface area (Å²) in [5.74, 6) is 0. The first kappa shape index (κ1) is 14.4. The maximum absolute atomic E-state index is 11.0. The van der Waals surface area contributed by atoms with Crippen molar-refractivity contribution in [2.45, 2.75) is 19.5 Å². The summed E-state index contributed by atoms with van der Waals surface area (Å²) < 4.78 is 0. The summed E-state index contributed by atoms with van der Waals surface area (Å²) in [5, 5.41) is 14.7. The van der Waals surface area contributed by atoms with E-state index in [4.69, 9.17) is 11.6 Å². The molecule has 0 radical (unpaired) electrons. The number of nitrogens with zero attached hydrogens (tertiary/aromatic N) is 2. The van der Waals surface area contributed by atoms with Crippen molar-refractivity contribution in [3.8, 4) is 0 Å². The minimum absolute atomic E-state index is 0.00483. The highest BCUT2D eigenvalue weighted by atomic mass is 35.5. The fourth-order valence-electron chi connectivity index (χ4n) is 1.87. The molecular formula is C14H14ClN3O2. The molecule has 0 spiro atoms. The van der Waals surface area contributed by atoms with Gasteiger partial charge in [0.2, 0.25) is 0 Å². The van der Waals surface area contributed by atoms with Crippen LogP contribution < -0.4 is 5.32 Å². The predicted octanol–water partition coefficient (Wildman–Crippen LogP) is 3.49. The Bertz CT molecular complexity index is 605. The Morgan fingerprint density at radius 3 is 2.85 bits per heavy atom. The molecule has 0 saturated carbocycles.